The number of ether oxygens (including phenoxy) is 1. The largest absolute Gasteiger partial charge is 0.485 e. The molecule has 1 aromatic carbocycles. The molecule has 0 radical (unpaired) electrons. The van der Waals surface area contributed by atoms with Crippen LogP contribution >= 0.6 is 15.9 Å². The van der Waals surface area contributed by atoms with Gasteiger partial charge in [0.15, 0.2) is 5.76 Å². The van der Waals surface area contributed by atoms with Crippen LogP contribution in [0.1, 0.15) is 24.7 Å². The normalized spacial score (nSPS) is 10.6. The van der Waals surface area contributed by atoms with E-state index in [0.717, 1.165) is 41.1 Å². The highest BCUT2D eigenvalue weighted by Gasteiger charge is 2.06. The number of aromatic nitrogens is 1. The van der Waals surface area contributed by atoms with Gasteiger partial charge in [-0.15, -0.1) is 0 Å². The first kappa shape index (κ1) is 14.1. The zero-order chi connectivity index (χ0) is 13.5. The van der Waals surface area contributed by atoms with Crippen molar-refractivity contribution in [3.05, 3.63) is 46.3 Å². The third-order valence-electron chi connectivity index (χ3n) is 2.63. The first-order valence-corrected chi connectivity index (χ1v) is 7.10. The summed E-state index contributed by atoms with van der Waals surface area (Å²) in [6.07, 6.45) is 2.73. The van der Waals surface area contributed by atoms with Crippen LogP contribution in [0.3, 0.4) is 0 Å². The van der Waals surface area contributed by atoms with E-state index in [2.05, 4.69) is 39.4 Å². The molecule has 5 heteroatoms. The molecule has 4 nitrogen and oxygen atoms in total. The number of hydrogen-bond acceptors (Lipinski definition) is 4. The number of rotatable bonds is 7. The van der Waals surface area contributed by atoms with Crippen molar-refractivity contribution >= 4 is 15.9 Å². The Morgan fingerprint density at radius 3 is 3.00 bits per heavy atom. The fraction of sp³-hybridized carbons (Fsp3) is 0.357. The van der Waals surface area contributed by atoms with E-state index < -0.39 is 0 Å². The summed E-state index contributed by atoms with van der Waals surface area (Å²) >= 11 is 3.48. The van der Waals surface area contributed by atoms with Crippen molar-refractivity contribution in [1.82, 2.24) is 10.5 Å². The van der Waals surface area contributed by atoms with Crippen LogP contribution in [0.15, 0.2) is 39.5 Å². The molecule has 19 heavy (non-hydrogen) atoms. The lowest BCUT2D eigenvalue weighted by Gasteiger charge is -2.11. The topological polar surface area (TPSA) is 47.3 Å². The zero-order valence-electron chi connectivity index (χ0n) is 10.9. The van der Waals surface area contributed by atoms with Gasteiger partial charge in [-0.2, -0.15) is 0 Å². The van der Waals surface area contributed by atoms with E-state index in [9.17, 15) is 0 Å². The summed E-state index contributed by atoms with van der Waals surface area (Å²) < 4.78 is 11.8. The number of hydrogen-bond donors (Lipinski definition) is 1. The van der Waals surface area contributed by atoms with Gasteiger partial charge in [0.1, 0.15) is 12.4 Å². The van der Waals surface area contributed by atoms with Crippen LogP contribution in [0.2, 0.25) is 0 Å². The number of halogens is 1. The number of nitrogens with one attached hydrogen (secondary N) is 1. The average molecular weight is 325 g/mol. The maximum absolute atomic E-state index is 5.77. The second kappa shape index (κ2) is 7.31. The van der Waals surface area contributed by atoms with Gasteiger partial charge in [0.2, 0.25) is 0 Å². The molecule has 0 spiro atoms. The molecular weight excluding hydrogens is 308 g/mol. The minimum absolute atomic E-state index is 0.391. The molecule has 0 bridgehead atoms. The summed E-state index contributed by atoms with van der Waals surface area (Å²) in [5, 5.41) is 7.03. The quantitative estimate of drug-likeness (QED) is 0.792. The fourth-order valence-electron chi connectivity index (χ4n) is 1.69. The monoisotopic (exact) mass is 324 g/mol. The molecule has 0 aliphatic carbocycles. The molecule has 0 amide bonds. The summed E-state index contributed by atoms with van der Waals surface area (Å²) in [7, 11) is 0. The van der Waals surface area contributed by atoms with Crippen LogP contribution in [-0.2, 0) is 13.2 Å². The standard InChI is InChI=1S/C14H17BrN2O2/c1-2-6-16-9-11-8-12(15)3-4-14(11)18-10-13-5-7-17-19-13/h3-5,7-8,16H,2,6,9-10H2,1H3. The minimum Gasteiger partial charge on any atom is -0.485 e. The van der Waals surface area contributed by atoms with Crippen LogP contribution in [0.5, 0.6) is 5.75 Å². The van der Waals surface area contributed by atoms with Crippen LogP contribution in [0.4, 0.5) is 0 Å². The summed E-state index contributed by atoms with van der Waals surface area (Å²) in [4.78, 5) is 0. The van der Waals surface area contributed by atoms with Crippen LogP contribution in [0, 0.1) is 0 Å². The van der Waals surface area contributed by atoms with E-state index in [1.165, 1.54) is 0 Å². The average Bonchev–Trinajstić information content (AvgIpc) is 2.91. The molecule has 1 N–H and O–H groups in total. The first-order valence-electron chi connectivity index (χ1n) is 6.31. The Bertz CT molecular complexity index is 500. The summed E-state index contributed by atoms with van der Waals surface area (Å²) in [5.41, 5.74) is 1.13. The lowest BCUT2D eigenvalue weighted by Crippen LogP contribution is -2.14. The molecule has 0 aliphatic rings. The van der Waals surface area contributed by atoms with Crippen LogP contribution < -0.4 is 10.1 Å². The van der Waals surface area contributed by atoms with E-state index in [1.54, 1.807) is 12.3 Å². The van der Waals surface area contributed by atoms with Crippen molar-refractivity contribution in [2.45, 2.75) is 26.5 Å². The van der Waals surface area contributed by atoms with Crippen LogP contribution in [-0.4, -0.2) is 11.7 Å². The molecule has 102 valence electrons. The number of benzene rings is 1. The Morgan fingerprint density at radius 1 is 1.37 bits per heavy atom. The highest BCUT2D eigenvalue weighted by atomic mass is 79.9. The molecule has 0 aliphatic heterocycles. The Morgan fingerprint density at radius 2 is 2.26 bits per heavy atom. The molecule has 2 aromatic rings. The van der Waals surface area contributed by atoms with Crippen molar-refractivity contribution < 1.29 is 9.26 Å². The Kier molecular flexibility index (Phi) is 5.42. The molecule has 0 saturated heterocycles. The molecule has 0 unspecified atom stereocenters. The lowest BCUT2D eigenvalue weighted by atomic mass is 10.2. The predicted octanol–water partition coefficient (Wildman–Crippen LogP) is 3.52. The predicted molar refractivity (Wildman–Crippen MR) is 77.0 cm³/mol. The highest BCUT2D eigenvalue weighted by molar-refractivity contribution is 9.10. The van der Waals surface area contributed by atoms with Crippen molar-refractivity contribution in [3.8, 4) is 5.75 Å². The van der Waals surface area contributed by atoms with Gasteiger partial charge in [0, 0.05) is 22.6 Å². The number of nitrogens with zero attached hydrogens (tertiary/aromatic N) is 1. The van der Waals surface area contributed by atoms with Crippen molar-refractivity contribution in [2.24, 2.45) is 0 Å². The molecule has 2 rings (SSSR count). The third-order valence-corrected chi connectivity index (χ3v) is 3.12. The van der Waals surface area contributed by atoms with Crippen LogP contribution in [0.25, 0.3) is 0 Å². The summed E-state index contributed by atoms with van der Waals surface area (Å²) in [6.45, 7) is 4.32. The van der Waals surface area contributed by atoms with E-state index in [4.69, 9.17) is 9.26 Å². The van der Waals surface area contributed by atoms with E-state index in [-0.39, 0.29) is 0 Å². The fourth-order valence-corrected chi connectivity index (χ4v) is 2.10. The second-order valence-corrected chi connectivity index (χ2v) is 5.11. The van der Waals surface area contributed by atoms with Gasteiger partial charge >= 0.3 is 0 Å². The maximum atomic E-state index is 5.77. The zero-order valence-corrected chi connectivity index (χ0v) is 12.4. The van der Waals surface area contributed by atoms with Gasteiger partial charge in [0.25, 0.3) is 0 Å². The summed E-state index contributed by atoms with van der Waals surface area (Å²) in [5.74, 6) is 1.58. The molecule has 1 heterocycles. The van der Waals surface area contributed by atoms with Crippen molar-refractivity contribution in [3.63, 3.8) is 0 Å². The Labute approximate surface area is 121 Å². The van der Waals surface area contributed by atoms with Gasteiger partial charge in [-0.25, -0.2) is 0 Å². The maximum Gasteiger partial charge on any atom is 0.174 e. The first-order chi connectivity index (χ1) is 9.29. The van der Waals surface area contributed by atoms with Gasteiger partial charge in [0.05, 0.1) is 6.20 Å². The molecule has 0 fully saturated rings. The summed E-state index contributed by atoms with van der Waals surface area (Å²) in [6, 6.07) is 7.80. The van der Waals surface area contributed by atoms with Crippen molar-refractivity contribution in [2.75, 3.05) is 6.54 Å². The van der Waals surface area contributed by atoms with E-state index in [0.29, 0.717) is 6.61 Å². The van der Waals surface area contributed by atoms with Gasteiger partial charge < -0.3 is 14.6 Å². The Hall–Kier alpha value is -1.33. The van der Waals surface area contributed by atoms with Gasteiger partial charge in [-0.1, -0.05) is 28.0 Å². The van der Waals surface area contributed by atoms with Gasteiger partial charge in [-0.3, -0.25) is 0 Å². The SMILES string of the molecule is CCCNCc1cc(Br)ccc1OCc1ccno1. The Balaban J connectivity index is 2.01. The van der Waals surface area contributed by atoms with Gasteiger partial charge in [-0.05, 0) is 31.2 Å². The van der Waals surface area contributed by atoms with E-state index in [1.807, 2.05) is 12.1 Å². The van der Waals surface area contributed by atoms with E-state index >= 15 is 0 Å². The second-order valence-electron chi connectivity index (χ2n) is 4.20. The highest BCUT2D eigenvalue weighted by Crippen LogP contribution is 2.24. The lowest BCUT2D eigenvalue weighted by molar-refractivity contribution is 0.247. The molecular formula is C14H17BrN2O2. The third kappa shape index (κ3) is 4.36. The van der Waals surface area contributed by atoms with Crippen molar-refractivity contribution in [1.29, 1.82) is 0 Å². The molecule has 1 aromatic heterocycles. The molecule has 0 atom stereocenters. The minimum atomic E-state index is 0.391. The molecule has 0 saturated carbocycles. The smallest absolute Gasteiger partial charge is 0.174 e.